The molecule has 0 atom stereocenters. The zero-order valence-corrected chi connectivity index (χ0v) is 7.14. The van der Waals surface area contributed by atoms with Crippen LogP contribution < -0.4 is 4.74 Å². The Kier molecular flexibility index (Phi) is 1.28. The zero-order valence-electron chi connectivity index (χ0n) is 7.14. The third-order valence-corrected chi connectivity index (χ3v) is 2.06. The van der Waals surface area contributed by atoms with Gasteiger partial charge in [0.1, 0.15) is 0 Å². The van der Waals surface area contributed by atoms with Crippen LogP contribution in [0.5, 0.6) is 17.2 Å². The molecule has 1 aromatic carbocycles. The smallest absolute Gasteiger partial charge is 0.212 e. The molecule has 1 N–H and O–H groups in total. The molecule has 0 bridgehead atoms. The molecule has 2 aromatic rings. The Morgan fingerprint density at radius 3 is 2.64 bits per heavy atom. The van der Waals surface area contributed by atoms with Gasteiger partial charge < -0.3 is 9.84 Å². The van der Waals surface area contributed by atoms with Gasteiger partial charge in [0.15, 0.2) is 17.3 Å². The summed E-state index contributed by atoms with van der Waals surface area (Å²) in [5, 5.41) is 9.28. The highest BCUT2D eigenvalue weighted by molar-refractivity contribution is 5.79. The summed E-state index contributed by atoms with van der Waals surface area (Å²) in [6.07, 6.45) is 3.34. The number of hydrogen-bond acceptors (Lipinski definition) is 4. The largest absolute Gasteiger partial charge is 0.504 e. The maximum Gasteiger partial charge on any atom is 0.212 e. The number of phenolic OH excluding ortho intramolecular Hbond substituents is 1. The predicted molar refractivity (Wildman–Crippen MR) is 49.2 cm³/mol. The Labute approximate surface area is 79.8 Å². The van der Waals surface area contributed by atoms with Crippen LogP contribution in [-0.2, 0) is 0 Å². The topological polar surface area (TPSA) is 58.5 Å². The summed E-state index contributed by atoms with van der Waals surface area (Å²) in [6.45, 7) is 0. The second-order valence-corrected chi connectivity index (χ2v) is 2.96. The maximum absolute atomic E-state index is 9.28. The molecule has 0 unspecified atom stereocenters. The summed E-state index contributed by atoms with van der Waals surface area (Å²) >= 11 is 0. The molecule has 3 rings (SSSR count). The lowest BCUT2D eigenvalue weighted by atomic mass is 10.2. The molecule has 4 heteroatoms. The highest BCUT2D eigenvalue weighted by atomic mass is 16.6. The lowest BCUT2D eigenvalue weighted by Gasteiger charge is -1.94. The van der Waals surface area contributed by atoms with Gasteiger partial charge in [-0.1, -0.05) is 0 Å². The molecule has 14 heavy (non-hydrogen) atoms. The summed E-state index contributed by atoms with van der Waals surface area (Å²) < 4.78 is 5.12. The minimum absolute atomic E-state index is 0.166. The van der Waals surface area contributed by atoms with Gasteiger partial charge in [-0.25, -0.2) is 9.97 Å². The summed E-state index contributed by atoms with van der Waals surface area (Å²) in [4.78, 5) is 8.20. The molecular weight excluding hydrogens is 180 g/mol. The Hall–Kier alpha value is -2.10. The van der Waals surface area contributed by atoms with E-state index < -0.39 is 0 Å². The Balaban J connectivity index is 2.16. The number of aromatic nitrogens is 2. The zero-order chi connectivity index (χ0) is 9.54. The van der Waals surface area contributed by atoms with Crippen molar-refractivity contribution in [1.82, 2.24) is 9.97 Å². The summed E-state index contributed by atoms with van der Waals surface area (Å²) in [6, 6.07) is 5.08. The van der Waals surface area contributed by atoms with Crippen LogP contribution in [0.3, 0.4) is 0 Å². The van der Waals surface area contributed by atoms with Crippen LogP contribution in [-0.4, -0.2) is 15.1 Å². The molecule has 2 heterocycles. The van der Waals surface area contributed by atoms with Gasteiger partial charge in [-0.05, 0) is 18.2 Å². The molecule has 0 amide bonds. The number of fused-ring (bicyclic) bond motifs is 1. The van der Waals surface area contributed by atoms with Gasteiger partial charge >= 0.3 is 0 Å². The predicted octanol–water partition coefficient (Wildman–Crippen LogP) is 1.95. The molecule has 4 nitrogen and oxygen atoms in total. The third kappa shape index (κ3) is 0.939. The van der Waals surface area contributed by atoms with Gasteiger partial charge in [-0.3, -0.25) is 0 Å². The van der Waals surface area contributed by atoms with Crippen molar-refractivity contribution in [3.63, 3.8) is 0 Å². The molecule has 0 saturated carbocycles. The average Bonchev–Trinajstić information content (AvgIpc) is 3.00. The van der Waals surface area contributed by atoms with E-state index in [0.717, 1.165) is 5.56 Å². The number of hydrogen-bond donors (Lipinski definition) is 1. The van der Waals surface area contributed by atoms with E-state index in [4.69, 9.17) is 4.74 Å². The molecule has 1 aliphatic rings. The minimum Gasteiger partial charge on any atom is -0.504 e. The minimum atomic E-state index is 0.166. The lowest BCUT2D eigenvalue weighted by Crippen LogP contribution is -1.84. The first-order valence-corrected chi connectivity index (χ1v) is 4.17. The highest BCUT2D eigenvalue weighted by Crippen LogP contribution is 2.56. The van der Waals surface area contributed by atoms with Crippen molar-refractivity contribution < 1.29 is 9.84 Å². The number of rotatable bonds is 1. The van der Waals surface area contributed by atoms with Crippen molar-refractivity contribution in [2.45, 2.75) is 0 Å². The average molecular weight is 186 g/mol. The van der Waals surface area contributed by atoms with Crippen molar-refractivity contribution in [3.8, 4) is 28.6 Å². The fourth-order valence-corrected chi connectivity index (χ4v) is 1.35. The van der Waals surface area contributed by atoms with Gasteiger partial charge in [0.25, 0.3) is 0 Å². The van der Waals surface area contributed by atoms with Crippen molar-refractivity contribution in [1.29, 1.82) is 0 Å². The first kappa shape index (κ1) is 7.32. The van der Waals surface area contributed by atoms with Gasteiger partial charge in [0.05, 0.1) is 5.56 Å². The third-order valence-electron chi connectivity index (χ3n) is 2.06. The Morgan fingerprint density at radius 1 is 1.07 bits per heavy atom. The molecule has 0 radical (unpaired) electrons. The molecule has 0 aliphatic carbocycles. The van der Waals surface area contributed by atoms with Crippen molar-refractivity contribution in [2.75, 3.05) is 0 Å². The van der Waals surface area contributed by atoms with E-state index in [2.05, 4.69) is 9.97 Å². The van der Waals surface area contributed by atoms with E-state index in [0.29, 0.717) is 17.3 Å². The van der Waals surface area contributed by atoms with Crippen molar-refractivity contribution >= 4 is 0 Å². The number of phenols is 1. The molecule has 1 aliphatic heterocycles. The van der Waals surface area contributed by atoms with Crippen LogP contribution in [0.4, 0.5) is 0 Å². The van der Waals surface area contributed by atoms with Crippen LogP contribution in [0.15, 0.2) is 30.6 Å². The fraction of sp³-hybridized carbons (Fsp3) is 0. The Bertz CT molecular complexity index is 497. The lowest BCUT2D eigenvalue weighted by molar-refractivity contribution is 0.463. The van der Waals surface area contributed by atoms with E-state index in [9.17, 15) is 5.11 Å². The van der Waals surface area contributed by atoms with E-state index in [1.54, 1.807) is 30.6 Å². The van der Waals surface area contributed by atoms with Crippen molar-refractivity contribution in [3.05, 3.63) is 30.6 Å². The van der Waals surface area contributed by atoms with Crippen LogP contribution >= 0.6 is 0 Å². The van der Waals surface area contributed by atoms with E-state index in [-0.39, 0.29) is 5.75 Å². The molecule has 0 fully saturated rings. The number of ether oxygens (including phenoxy) is 1. The summed E-state index contributed by atoms with van der Waals surface area (Å²) in [5.41, 5.74) is 0.818. The molecule has 0 saturated heterocycles. The summed E-state index contributed by atoms with van der Waals surface area (Å²) in [7, 11) is 0. The van der Waals surface area contributed by atoms with Gasteiger partial charge in [0, 0.05) is 12.4 Å². The van der Waals surface area contributed by atoms with Gasteiger partial charge in [0.2, 0.25) is 5.75 Å². The van der Waals surface area contributed by atoms with Crippen LogP contribution in [0.1, 0.15) is 0 Å². The molecular formula is C10H6N2O2. The molecule has 1 aromatic heterocycles. The first-order chi connectivity index (χ1) is 6.86. The maximum atomic E-state index is 9.28. The van der Waals surface area contributed by atoms with Gasteiger partial charge in [-0.15, -0.1) is 0 Å². The number of nitrogens with zero attached hydrogens (tertiary/aromatic N) is 2. The monoisotopic (exact) mass is 186 g/mol. The Morgan fingerprint density at radius 2 is 1.86 bits per heavy atom. The van der Waals surface area contributed by atoms with Crippen LogP contribution in [0.25, 0.3) is 11.4 Å². The van der Waals surface area contributed by atoms with Crippen LogP contribution in [0.2, 0.25) is 0 Å². The fourth-order valence-electron chi connectivity index (χ4n) is 1.35. The second-order valence-electron chi connectivity index (χ2n) is 2.96. The SMILES string of the molecule is Oc1ccc(-c2ncccn2)c2c1O2. The standard InChI is InChI=1S/C10H6N2O2/c13-7-3-2-6(8-9(7)14-8)10-11-4-1-5-12-10/h1-5,13H. The van der Waals surface area contributed by atoms with Crippen molar-refractivity contribution in [2.24, 2.45) is 0 Å². The number of aromatic hydroxyl groups is 1. The van der Waals surface area contributed by atoms with E-state index >= 15 is 0 Å². The first-order valence-electron chi connectivity index (χ1n) is 4.17. The quantitative estimate of drug-likeness (QED) is 0.590. The molecule has 0 spiro atoms. The second kappa shape index (κ2) is 2.45. The molecule has 68 valence electrons. The van der Waals surface area contributed by atoms with Crippen LogP contribution in [0, 0.1) is 0 Å². The van der Waals surface area contributed by atoms with E-state index in [1.165, 1.54) is 0 Å². The van der Waals surface area contributed by atoms with Gasteiger partial charge in [-0.2, -0.15) is 0 Å². The highest BCUT2D eigenvalue weighted by Gasteiger charge is 2.30. The summed E-state index contributed by atoms with van der Waals surface area (Å²) in [5.74, 6) is 1.99. The normalized spacial score (nSPS) is 11.7. The number of benzene rings is 1. The van der Waals surface area contributed by atoms with E-state index in [1.807, 2.05) is 0 Å².